The number of aryl methyl sites for hydroxylation is 3. The normalized spacial score (nSPS) is 13.5. The number of ether oxygens (including phenoxy) is 1. The third-order valence-electron chi connectivity index (χ3n) is 5.58. The second-order valence-corrected chi connectivity index (χ2v) is 8.36. The van der Waals surface area contributed by atoms with Crippen LogP contribution in [-0.2, 0) is 16.0 Å². The molecule has 6 nitrogen and oxygen atoms in total. The van der Waals surface area contributed by atoms with E-state index in [4.69, 9.17) is 16.3 Å². The molecule has 3 aromatic rings. The van der Waals surface area contributed by atoms with Crippen LogP contribution in [0.25, 0.3) is 0 Å². The van der Waals surface area contributed by atoms with Crippen molar-refractivity contribution in [3.05, 3.63) is 99.7 Å². The molecule has 1 N–H and O–H groups in total. The van der Waals surface area contributed by atoms with Gasteiger partial charge in [0.05, 0.1) is 11.3 Å². The number of hydrogen-bond acceptors (Lipinski definition) is 5. The summed E-state index contributed by atoms with van der Waals surface area (Å²) in [6, 6.07) is 19.3. The predicted molar refractivity (Wildman–Crippen MR) is 132 cm³/mol. The highest BCUT2D eigenvalue weighted by atomic mass is 35.5. The van der Waals surface area contributed by atoms with E-state index in [1.54, 1.807) is 36.4 Å². The van der Waals surface area contributed by atoms with Crippen molar-refractivity contribution in [3.8, 4) is 5.75 Å². The van der Waals surface area contributed by atoms with E-state index < -0.39 is 17.8 Å². The molecule has 0 aliphatic carbocycles. The molecule has 4 rings (SSSR count). The van der Waals surface area contributed by atoms with Crippen molar-refractivity contribution in [1.82, 2.24) is 0 Å². The number of rotatable bonds is 6. The fourth-order valence-corrected chi connectivity index (χ4v) is 3.88. The van der Waals surface area contributed by atoms with Crippen LogP contribution in [0.15, 0.2) is 77.5 Å². The van der Waals surface area contributed by atoms with Crippen LogP contribution >= 0.6 is 11.6 Å². The van der Waals surface area contributed by atoms with Crippen molar-refractivity contribution in [2.24, 2.45) is 0 Å². The molecule has 0 radical (unpaired) electrons. The number of amides is 2. The van der Waals surface area contributed by atoms with Gasteiger partial charge in [0.25, 0.3) is 11.8 Å². The van der Waals surface area contributed by atoms with E-state index >= 15 is 0 Å². The summed E-state index contributed by atoms with van der Waals surface area (Å²) in [5.74, 6) is -1.10. The van der Waals surface area contributed by atoms with Crippen LogP contribution < -0.4 is 15.0 Å². The molecule has 0 unspecified atom stereocenters. The van der Waals surface area contributed by atoms with Gasteiger partial charge in [-0.1, -0.05) is 48.9 Å². The number of carbonyl (C=O) groups is 3. The number of imide groups is 1. The molecule has 3 aromatic carbocycles. The van der Waals surface area contributed by atoms with Gasteiger partial charge in [-0.15, -0.1) is 0 Å². The van der Waals surface area contributed by atoms with Gasteiger partial charge in [-0.2, -0.15) is 0 Å². The van der Waals surface area contributed by atoms with Gasteiger partial charge in [-0.25, -0.2) is 9.69 Å². The average molecular weight is 475 g/mol. The highest BCUT2D eigenvalue weighted by molar-refractivity contribution is 6.53. The summed E-state index contributed by atoms with van der Waals surface area (Å²) in [5, 5.41) is 2.74. The van der Waals surface area contributed by atoms with E-state index in [1.165, 1.54) is 0 Å². The molecule has 0 saturated carbocycles. The number of para-hydroxylation sites is 1. The van der Waals surface area contributed by atoms with Crippen LogP contribution in [0, 0.1) is 13.8 Å². The van der Waals surface area contributed by atoms with Crippen LogP contribution in [0.3, 0.4) is 0 Å². The molecular weight excluding hydrogens is 452 g/mol. The first kappa shape index (κ1) is 23.3. The van der Waals surface area contributed by atoms with Crippen LogP contribution in [0.2, 0.25) is 0 Å². The number of esters is 1. The maximum Gasteiger partial charge on any atom is 0.343 e. The van der Waals surface area contributed by atoms with Gasteiger partial charge in [0, 0.05) is 5.69 Å². The van der Waals surface area contributed by atoms with E-state index in [2.05, 4.69) is 5.32 Å². The minimum absolute atomic E-state index is 0.0108. The molecule has 7 heteroatoms. The fourth-order valence-electron chi connectivity index (χ4n) is 3.67. The molecule has 1 heterocycles. The number of nitrogens with zero attached hydrogens (tertiary/aromatic N) is 1. The molecule has 0 bridgehead atoms. The molecule has 2 amide bonds. The molecule has 1 aliphatic heterocycles. The monoisotopic (exact) mass is 474 g/mol. The Morgan fingerprint density at radius 3 is 2.38 bits per heavy atom. The lowest BCUT2D eigenvalue weighted by Crippen LogP contribution is -2.33. The topological polar surface area (TPSA) is 75.7 Å². The summed E-state index contributed by atoms with van der Waals surface area (Å²) in [7, 11) is 0. The van der Waals surface area contributed by atoms with Gasteiger partial charge in [0.15, 0.2) is 0 Å². The Morgan fingerprint density at radius 1 is 0.971 bits per heavy atom. The average Bonchev–Trinajstić information content (AvgIpc) is 3.04. The van der Waals surface area contributed by atoms with Crippen molar-refractivity contribution >= 4 is 40.8 Å². The Kier molecular flexibility index (Phi) is 6.52. The van der Waals surface area contributed by atoms with Crippen LogP contribution in [-0.4, -0.2) is 17.8 Å². The Morgan fingerprint density at radius 2 is 1.68 bits per heavy atom. The number of anilines is 2. The summed E-state index contributed by atoms with van der Waals surface area (Å²) in [6.07, 6.45) is 0.660. The lowest BCUT2D eigenvalue weighted by molar-refractivity contribution is -0.120. The zero-order valence-corrected chi connectivity index (χ0v) is 19.8. The van der Waals surface area contributed by atoms with Crippen molar-refractivity contribution in [1.29, 1.82) is 0 Å². The lowest BCUT2D eigenvalue weighted by atomic mass is 10.1. The summed E-state index contributed by atoms with van der Waals surface area (Å²) in [4.78, 5) is 39.5. The minimum Gasteiger partial charge on any atom is -0.423 e. The van der Waals surface area contributed by atoms with E-state index in [1.807, 2.05) is 51.1 Å². The highest BCUT2D eigenvalue weighted by Crippen LogP contribution is 2.32. The predicted octanol–water partition coefficient (Wildman–Crippen LogP) is 5.52. The number of carbonyl (C=O) groups excluding carboxylic acids is 3. The summed E-state index contributed by atoms with van der Waals surface area (Å²) < 4.78 is 5.52. The number of halogens is 1. The summed E-state index contributed by atoms with van der Waals surface area (Å²) in [5.41, 5.74) is 4.06. The largest absolute Gasteiger partial charge is 0.423 e. The molecule has 0 fully saturated rings. The molecule has 0 aromatic heterocycles. The van der Waals surface area contributed by atoms with Crippen LogP contribution in [0.4, 0.5) is 11.4 Å². The van der Waals surface area contributed by atoms with Crippen molar-refractivity contribution in [3.63, 3.8) is 0 Å². The minimum atomic E-state index is -0.580. The standard InChI is InChI=1S/C27H23ClN2O4/c1-4-18-7-5-6-8-21(18)30-25(31)23(28)24(26(30)32)29-20-13-11-19(12-14-20)27(33)34-22-15-16(2)9-10-17(22)3/h5-15,29H,4H2,1-3H3. The van der Waals surface area contributed by atoms with Gasteiger partial charge in [0.1, 0.15) is 16.5 Å². The third-order valence-corrected chi connectivity index (χ3v) is 5.93. The molecule has 0 spiro atoms. The second-order valence-electron chi connectivity index (χ2n) is 7.98. The summed E-state index contributed by atoms with van der Waals surface area (Å²) in [6.45, 7) is 5.74. The Balaban J connectivity index is 1.51. The quantitative estimate of drug-likeness (QED) is 0.289. The van der Waals surface area contributed by atoms with E-state index in [0.29, 0.717) is 29.1 Å². The number of nitrogens with one attached hydrogen (secondary N) is 1. The van der Waals surface area contributed by atoms with E-state index in [-0.39, 0.29) is 10.7 Å². The maximum absolute atomic E-state index is 13.1. The van der Waals surface area contributed by atoms with Gasteiger partial charge >= 0.3 is 5.97 Å². The van der Waals surface area contributed by atoms with Crippen molar-refractivity contribution in [2.75, 3.05) is 10.2 Å². The van der Waals surface area contributed by atoms with Gasteiger partial charge in [-0.3, -0.25) is 9.59 Å². The van der Waals surface area contributed by atoms with Gasteiger partial charge in [-0.05, 0) is 73.4 Å². The second kappa shape index (κ2) is 9.53. The lowest BCUT2D eigenvalue weighted by Gasteiger charge is -2.18. The molecule has 0 atom stereocenters. The maximum atomic E-state index is 13.1. The van der Waals surface area contributed by atoms with Gasteiger partial charge < -0.3 is 10.1 Å². The Labute approximate surface area is 202 Å². The zero-order chi connectivity index (χ0) is 24.4. The van der Waals surface area contributed by atoms with E-state index in [0.717, 1.165) is 21.6 Å². The first-order chi connectivity index (χ1) is 16.3. The highest BCUT2D eigenvalue weighted by Gasteiger charge is 2.39. The summed E-state index contributed by atoms with van der Waals surface area (Å²) >= 11 is 6.24. The fraction of sp³-hybridized carbons (Fsp3) is 0.148. The molecular formula is C27H23ClN2O4. The van der Waals surface area contributed by atoms with Crippen molar-refractivity contribution in [2.45, 2.75) is 27.2 Å². The number of hydrogen-bond donors (Lipinski definition) is 1. The third kappa shape index (κ3) is 4.45. The molecule has 34 heavy (non-hydrogen) atoms. The van der Waals surface area contributed by atoms with Crippen LogP contribution in [0.1, 0.15) is 34.0 Å². The smallest absolute Gasteiger partial charge is 0.343 e. The van der Waals surface area contributed by atoms with Crippen molar-refractivity contribution < 1.29 is 19.1 Å². The molecule has 0 saturated heterocycles. The van der Waals surface area contributed by atoms with Crippen LogP contribution in [0.5, 0.6) is 5.75 Å². The Hall–Kier alpha value is -3.90. The van der Waals surface area contributed by atoms with E-state index in [9.17, 15) is 14.4 Å². The first-order valence-electron chi connectivity index (χ1n) is 10.8. The first-order valence-corrected chi connectivity index (χ1v) is 11.2. The molecule has 1 aliphatic rings. The molecule has 172 valence electrons. The Bertz CT molecular complexity index is 1330. The van der Waals surface area contributed by atoms with Gasteiger partial charge in [0.2, 0.25) is 0 Å². The number of benzene rings is 3. The SMILES string of the molecule is CCc1ccccc1N1C(=O)C(Cl)=C(Nc2ccc(C(=O)Oc3cc(C)ccc3C)cc2)C1=O. The zero-order valence-electron chi connectivity index (χ0n) is 19.0.